The maximum atomic E-state index is 13.5. The zero-order valence-corrected chi connectivity index (χ0v) is 9.93. The lowest BCUT2D eigenvalue weighted by Gasteiger charge is -2.16. The molecule has 18 heavy (non-hydrogen) atoms. The van der Waals surface area contributed by atoms with Gasteiger partial charge in [0.1, 0.15) is 5.82 Å². The molecule has 0 radical (unpaired) electrons. The van der Waals surface area contributed by atoms with Crippen LogP contribution < -0.4 is 5.73 Å². The number of aliphatic hydroxyl groups is 2. The number of likely N-dealkylation sites (tertiary alicyclic amines) is 1. The minimum Gasteiger partial charge on any atom is -0.398 e. The van der Waals surface area contributed by atoms with Gasteiger partial charge in [0.15, 0.2) is 0 Å². The van der Waals surface area contributed by atoms with E-state index in [1.165, 1.54) is 17.9 Å². The summed E-state index contributed by atoms with van der Waals surface area (Å²) in [7, 11) is 0. The smallest absolute Gasteiger partial charge is 0.254 e. The minimum absolute atomic E-state index is 0.0371. The van der Waals surface area contributed by atoms with E-state index in [0.29, 0.717) is 5.56 Å². The molecule has 0 unspecified atom stereocenters. The van der Waals surface area contributed by atoms with Crippen LogP contribution in [0.3, 0.4) is 0 Å². The largest absolute Gasteiger partial charge is 0.398 e. The zero-order valence-electron chi connectivity index (χ0n) is 9.93. The van der Waals surface area contributed by atoms with E-state index in [4.69, 9.17) is 5.73 Å². The number of aliphatic hydroxyl groups excluding tert-OH is 2. The number of amides is 1. The molecular formula is C12H15FN2O3. The fourth-order valence-electron chi connectivity index (χ4n) is 1.94. The highest BCUT2D eigenvalue weighted by Crippen LogP contribution is 2.20. The fourth-order valence-corrected chi connectivity index (χ4v) is 1.94. The van der Waals surface area contributed by atoms with Crippen LogP contribution in [-0.2, 0) is 0 Å². The Hall–Kier alpha value is -1.66. The molecule has 2 rings (SSSR count). The Morgan fingerprint density at radius 3 is 2.44 bits per heavy atom. The number of carbonyl (C=O) groups excluding carboxylic acids is 1. The van der Waals surface area contributed by atoms with E-state index in [0.717, 1.165) is 6.07 Å². The summed E-state index contributed by atoms with van der Waals surface area (Å²) in [5.41, 5.74) is 6.23. The molecule has 5 nitrogen and oxygen atoms in total. The molecule has 0 aliphatic carbocycles. The maximum absolute atomic E-state index is 13.5. The summed E-state index contributed by atoms with van der Waals surface area (Å²) in [5.74, 6) is -0.991. The molecule has 1 aromatic carbocycles. The molecule has 98 valence electrons. The summed E-state index contributed by atoms with van der Waals surface area (Å²) >= 11 is 0. The highest BCUT2D eigenvalue weighted by molar-refractivity contribution is 5.95. The van der Waals surface area contributed by atoms with Crippen LogP contribution in [0.15, 0.2) is 12.1 Å². The van der Waals surface area contributed by atoms with E-state index >= 15 is 0 Å². The van der Waals surface area contributed by atoms with Gasteiger partial charge in [0, 0.05) is 29.9 Å². The maximum Gasteiger partial charge on any atom is 0.254 e. The number of nitrogens with two attached hydrogens (primary N) is 1. The third kappa shape index (κ3) is 2.16. The van der Waals surface area contributed by atoms with Crippen LogP contribution >= 0.6 is 0 Å². The Bertz CT molecular complexity index is 459. The lowest BCUT2D eigenvalue weighted by molar-refractivity contribution is 0.0572. The second-order valence-corrected chi connectivity index (χ2v) is 4.52. The quantitative estimate of drug-likeness (QED) is 0.610. The van der Waals surface area contributed by atoms with Gasteiger partial charge in [-0.15, -0.1) is 0 Å². The first-order chi connectivity index (χ1) is 8.40. The van der Waals surface area contributed by atoms with Crippen molar-refractivity contribution in [3.05, 3.63) is 29.1 Å². The van der Waals surface area contributed by atoms with Crippen molar-refractivity contribution in [1.82, 2.24) is 4.90 Å². The molecule has 0 bridgehead atoms. The molecule has 1 fully saturated rings. The van der Waals surface area contributed by atoms with Crippen molar-refractivity contribution in [3.8, 4) is 0 Å². The van der Waals surface area contributed by atoms with Crippen LogP contribution in [-0.4, -0.2) is 46.3 Å². The average molecular weight is 254 g/mol. The van der Waals surface area contributed by atoms with Gasteiger partial charge in [-0.05, 0) is 19.1 Å². The third-order valence-electron chi connectivity index (χ3n) is 3.18. The van der Waals surface area contributed by atoms with Crippen LogP contribution in [0, 0.1) is 12.7 Å². The van der Waals surface area contributed by atoms with Crippen LogP contribution in [0.5, 0.6) is 0 Å². The van der Waals surface area contributed by atoms with Crippen molar-refractivity contribution in [2.75, 3.05) is 18.8 Å². The first kappa shape index (κ1) is 12.8. The molecule has 2 atom stereocenters. The molecule has 1 aliphatic heterocycles. The topological polar surface area (TPSA) is 86.8 Å². The Balaban J connectivity index is 2.25. The summed E-state index contributed by atoms with van der Waals surface area (Å²) in [5, 5.41) is 18.7. The Morgan fingerprint density at radius 1 is 1.39 bits per heavy atom. The highest BCUT2D eigenvalue weighted by atomic mass is 19.1. The second-order valence-electron chi connectivity index (χ2n) is 4.52. The number of hydrogen-bond donors (Lipinski definition) is 3. The van der Waals surface area contributed by atoms with Gasteiger partial charge in [-0.3, -0.25) is 4.79 Å². The third-order valence-corrected chi connectivity index (χ3v) is 3.18. The van der Waals surface area contributed by atoms with Crippen LogP contribution in [0.2, 0.25) is 0 Å². The van der Waals surface area contributed by atoms with E-state index in [-0.39, 0.29) is 24.3 Å². The van der Waals surface area contributed by atoms with Gasteiger partial charge in [0.2, 0.25) is 0 Å². The summed E-state index contributed by atoms with van der Waals surface area (Å²) < 4.78 is 13.5. The number of halogens is 1. The van der Waals surface area contributed by atoms with Crippen LogP contribution in [0.25, 0.3) is 0 Å². The molecule has 4 N–H and O–H groups in total. The molecule has 1 aromatic rings. The molecule has 1 heterocycles. The van der Waals surface area contributed by atoms with Crippen molar-refractivity contribution in [2.24, 2.45) is 0 Å². The highest BCUT2D eigenvalue weighted by Gasteiger charge is 2.33. The number of nitrogen functional groups attached to an aromatic ring is 1. The van der Waals surface area contributed by atoms with Gasteiger partial charge in [0.25, 0.3) is 5.91 Å². The molecule has 0 spiro atoms. The normalized spacial score (nSPS) is 23.4. The molecule has 0 saturated carbocycles. The van der Waals surface area contributed by atoms with Gasteiger partial charge in [-0.25, -0.2) is 4.39 Å². The predicted molar refractivity (Wildman–Crippen MR) is 63.5 cm³/mol. The van der Waals surface area contributed by atoms with E-state index < -0.39 is 23.9 Å². The molecule has 1 aliphatic rings. The number of nitrogens with zero attached hydrogens (tertiary/aromatic N) is 1. The monoisotopic (exact) mass is 254 g/mol. The molecule has 0 aromatic heterocycles. The molecule has 1 saturated heterocycles. The predicted octanol–water partition coefficient (Wildman–Crippen LogP) is -0.106. The average Bonchev–Trinajstić information content (AvgIpc) is 2.65. The first-order valence-corrected chi connectivity index (χ1v) is 5.61. The molecule has 1 amide bonds. The van der Waals surface area contributed by atoms with Crippen molar-refractivity contribution in [2.45, 2.75) is 19.1 Å². The SMILES string of the molecule is Cc1c(N)cc(C(=O)N2C[C@@H](O)[C@@H](O)C2)cc1F. The first-order valence-electron chi connectivity index (χ1n) is 5.61. The van der Waals surface area contributed by atoms with Gasteiger partial charge >= 0.3 is 0 Å². The van der Waals surface area contributed by atoms with Gasteiger partial charge in [0.05, 0.1) is 12.2 Å². The lowest BCUT2D eigenvalue weighted by atomic mass is 10.1. The van der Waals surface area contributed by atoms with Crippen molar-refractivity contribution in [3.63, 3.8) is 0 Å². The number of anilines is 1. The standard InChI is InChI=1S/C12H15FN2O3/c1-6-8(13)2-7(3-9(6)14)12(18)15-4-10(16)11(17)5-15/h2-3,10-11,16-17H,4-5,14H2,1H3/t10-,11+. The molecular weight excluding hydrogens is 239 g/mol. The Labute approximate surface area is 104 Å². The van der Waals surface area contributed by atoms with Crippen molar-refractivity contribution >= 4 is 11.6 Å². The van der Waals surface area contributed by atoms with Crippen molar-refractivity contribution < 1.29 is 19.4 Å². The zero-order chi connectivity index (χ0) is 13.4. The fraction of sp³-hybridized carbons (Fsp3) is 0.417. The van der Waals surface area contributed by atoms with Gasteiger partial charge in [-0.1, -0.05) is 0 Å². The summed E-state index contributed by atoms with van der Waals surface area (Å²) in [6.45, 7) is 1.60. The Morgan fingerprint density at radius 2 is 1.94 bits per heavy atom. The number of benzene rings is 1. The van der Waals surface area contributed by atoms with E-state index in [2.05, 4.69) is 0 Å². The summed E-state index contributed by atoms with van der Waals surface area (Å²) in [4.78, 5) is 13.3. The number of carbonyl (C=O) groups is 1. The van der Waals surface area contributed by atoms with Crippen molar-refractivity contribution in [1.29, 1.82) is 0 Å². The van der Waals surface area contributed by atoms with Crippen LogP contribution in [0.4, 0.5) is 10.1 Å². The molecule has 6 heteroatoms. The lowest BCUT2D eigenvalue weighted by Crippen LogP contribution is -2.30. The Kier molecular flexibility index (Phi) is 3.23. The summed E-state index contributed by atoms with van der Waals surface area (Å²) in [6, 6.07) is 2.52. The van der Waals surface area contributed by atoms with Gasteiger partial charge in [-0.2, -0.15) is 0 Å². The van der Waals surface area contributed by atoms with E-state index in [9.17, 15) is 19.4 Å². The minimum atomic E-state index is -0.957. The number of rotatable bonds is 1. The van der Waals surface area contributed by atoms with Gasteiger partial charge < -0.3 is 20.8 Å². The number of β-amino-alcohol motifs (C(OH)–C–C–N with tert-alkyl or cyclic N) is 2. The second kappa shape index (κ2) is 4.55. The van der Waals surface area contributed by atoms with Crippen LogP contribution in [0.1, 0.15) is 15.9 Å². The number of hydrogen-bond acceptors (Lipinski definition) is 4. The van der Waals surface area contributed by atoms with E-state index in [1.54, 1.807) is 0 Å². The van der Waals surface area contributed by atoms with E-state index in [1.807, 2.05) is 0 Å². The summed E-state index contributed by atoms with van der Waals surface area (Å²) in [6.07, 6.45) is -1.91.